The van der Waals surface area contributed by atoms with Gasteiger partial charge in [0.05, 0.1) is 0 Å². The van der Waals surface area contributed by atoms with E-state index in [-0.39, 0.29) is 36.6 Å². The Morgan fingerprint density at radius 3 is 2.21 bits per heavy atom. The van der Waals surface area contributed by atoms with Crippen molar-refractivity contribution < 1.29 is 17.9 Å². The van der Waals surface area contributed by atoms with E-state index in [1.807, 2.05) is 6.92 Å². The SMILES string of the molecule is C=C(C)C[C@H](c1ccc(OC(F)(F)F)cc1)N1CCNCC1.Cl.Cl. The van der Waals surface area contributed by atoms with Gasteiger partial charge in [0.15, 0.2) is 0 Å². The van der Waals surface area contributed by atoms with Crippen molar-refractivity contribution in [1.82, 2.24) is 10.2 Å². The van der Waals surface area contributed by atoms with E-state index in [4.69, 9.17) is 0 Å². The second kappa shape index (κ2) is 10.1. The fourth-order valence-electron chi connectivity index (χ4n) is 2.67. The molecule has 1 fully saturated rings. The summed E-state index contributed by atoms with van der Waals surface area (Å²) in [5.74, 6) is -0.189. The molecule has 1 heterocycles. The van der Waals surface area contributed by atoms with Gasteiger partial charge in [0, 0.05) is 32.2 Å². The van der Waals surface area contributed by atoms with Crippen molar-refractivity contribution in [2.24, 2.45) is 0 Å². The van der Waals surface area contributed by atoms with Gasteiger partial charge in [-0.2, -0.15) is 0 Å². The van der Waals surface area contributed by atoms with Crippen LogP contribution in [0.15, 0.2) is 36.4 Å². The van der Waals surface area contributed by atoms with Crippen LogP contribution in [0.2, 0.25) is 0 Å². The van der Waals surface area contributed by atoms with Crippen LogP contribution in [0, 0.1) is 0 Å². The Balaban J connectivity index is 0.00000264. The number of hydrogen-bond donors (Lipinski definition) is 1. The second-order valence-electron chi connectivity index (χ2n) is 5.58. The van der Waals surface area contributed by atoms with Crippen molar-refractivity contribution in [1.29, 1.82) is 0 Å². The first kappa shape index (κ1) is 23.1. The number of ether oxygens (including phenoxy) is 1. The lowest BCUT2D eigenvalue weighted by Crippen LogP contribution is -2.45. The molecular formula is C16H23Cl2F3N2O. The van der Waals surface area contributed by atoms with Gasteiger partial charge in [-0.1, -0.05) is 17.7 Å². The highest BCUT2D eigenvalue weighted by Crippen LogP contribution is 2.30. The Hall–Kier alpha value is -0.950. The fraction of sp³-hybridized carbons (Fsp3) is 0.500. The molecule has 0 saturated carbocycles. The van der Waals surface area contributed by atoms with E-state index >= 15 is 0 Å². The first-order valence-corrected chi connectivity index (χ1v) is 7.30. The number of benzene rings is 1. The van der Waals surface area contributed by atoms with Crippen LogP contribution in [0.3, 0.4) is 0 Å². The zero-order valence-electron chi connectivity index (χ0n) is 13.4. The highest BCUT2D eigenvalue weighted by molar-refractivity contribution is 5.85. The Bertz CT molecular complexity index is 503. The van der Waals surface area contributed by atoms with Gasteiger partial charge in [-0.25, -0.2) is 0 Å². The molecule has 1 aliphatic heterocycles. The van der Waals surface area contributed by atoms with Crippen molar-refractivity contribution in [3.63, 3.8) is 0 Å². The van der Waals surface area contributed by atoms with E-state index < -0.39 is 6.36 Å². The molecule has 1 atom stereocenters. The van der Waals surface area contributed by atoms with E-state index in [2.05, 4.69) is 21.5 Å². The molecule has 0 amide bonds. The lowest BCUT2D eigenvalue weighted by Gasteiger charge is -2.35. The maximum Gasteiger partial charge on any atom is 0.573 e. The van der Waals surface area contributed by atoms with Gasteiger partial charge in [0.2, 0.25) is 0 Å². The Morgan fingerprint density at radius 1 is 1.21 bits per heavy atom. The standard InChI is InChI=1S/C16H21F3N2O.2ClH/c1-12(2)11-15(21-9-7-20-8-10-21)13-3-5-14(6-4-13)22-16(17,18)19;;/h3-6,15,20H,1,7-11H2,2H3;2*1H/t15-;;/m1../s1. The molecule has 1 aliphatic rings. The molecule has 0 unspecified atom stereocenters. The molecule has 24 heavy (non-hydrogen) atoms. The van der Waals surface area contributed by atoms with Crippen molar-refractivity contribution in [3.05, 3.63) is 42.0 Å². The molecule has 1 N–H and O–H groups in total. The summed E-state index contributed by atoms with van der Waals surface area (Å²) in [5, 5.41) is 3.30. The Labute approximate surface area is 153 Å². The largest absolute Gasteiger partial charge is 0.573 e. The monoisotopic (exact) mass is 386 g/mol. The van der Waals surface area contributed by atoms with Crippen molar-refractivity contribution in [3.8, 4) is 5.75 Å². The van der Waals surface area contributed by atoms with Gasteiger partial charge in [-0.3, -0.25) is 4.90 Å². The number of halogens is 5. The summed E-state index contributed by atoms with van der Waals surface area (Å²) in [6, 6.07) is 6.29. The third-order valence-electron chi connectivity index (χ3n) is 3.63. The van der Waals surface area contributed by atoms with E-state index in [0.717, 1.165) is 43.7 Å². The first-order valence-electron chi connectivity index (χ1n) is 7.30. The summed E-state index contributed by atoms with van der Waals surface area (Å²) in [5.41, 5.74) is 2.04. The minimum absolute atomic E-state index is 0. The van der Waals surface area contributed by atoms with Crippen LogP contribution in [0.1, 0.15) is 24.9 Å². The lowest BCUT2D eigenvalue weighted by atomic mass is 9.98. The number of nitrogens with one attached hydrogen (secondary N) is 1. The fourth-order valence-corrected chi connectivity index (χ4v) is 2.67. The van der Waals surface area contributed by atoms with Crippen LogP contribution in [-0.4, -0.2) is 37.4 Å². The molecule has 0 aromatic heterocycles. The first-order chi connectivity index (χ1) is 10.3. The summed E-state index contributed by atoms with van der Waals surface area (Å²) < 4.78 is 40.6. The highest BCUT2D eigenvalue weighted by Gasteiger charge is 2.31. The van der Waals surface area contributed by atoms with Gasteiger partial charge in [-0.05, 0) is 31.0 Å². The number of rotatable bonds is 5. The van der Waals surface area contributed by atoms with Crippen LogP contribution in [0.5, 0.6) is 5.75 Å². The number of hydrogen-bond acceptors (Lipinski definition) is 3. The van der Waals surface area contributed by atoms with Crippen LogP contribution >= 0.6 is 24.8 Å². The zero-order valence-corrected chi connectivity index (χ0v) is 15.1. The van der Waals surface area contributed by atoms with Gasteiger partial charge in [0.1, 0.15) is 5.75 Å². The second-order valence-corrected chi connectivity index (χ2v) is 5.58. The van der Waals surface area contributed by atoms with Gasteiger partial charge >= 0.3 is 6.36 Å². The van der Waals surface area contributed by atoms with Gasteiger partial charge in [0.25, 0.3) is 0 Å². The highest BCUT2D eigenvalue weighted by atomic mass is 35.5. The third kappa shape index (κ3) is 7.30. The van der Waals surface area contributed by atoms with Crippen LogP contribution in [0.4, 0.5) is 13.2 Å². The summed E-state index contributed by atoms with van der Waals surface area (Å²) in [4.78, 5) is 2.34. The Morgan fingerprint density at radius 2 is 1.75 bits per heavy atom. The van der Waals surface area contributed by atoms with Crippen molar-refractivity contribution in [2.75, 3.05) is 26.2 Å². The summed E-state index contributed by atoms with van der Waals surface area (Å²) in [6.07, 6.45) is -3.86. The molecular weight excluding hydrogens is 364 g/mol. The predicted octanol–water partition coefficient (Wildman–Crippen LogP) is 4.34. The van der Waals surface area contributed by atoms with Gasteiger partial charge in [-0.15, -0.1) is 44.6 Å². The van der Waals surface area contributed by atoms with E-state index in [0.29, 0.717) is 0 Å². The summed E-state index contributed by atoms with van der Waals surface area (Å²) in [6.45, 7) is 9.60. The predicted molar refractivity (Wildman–Crippen MR) is 94.2 cm³/mol. The van der Waals surface area contributed by atoms with Crippen LogP contribution in [-0.2, 0) is 0 Å². The normalized spacial score (nSPS) is 16.5. The van der Waals surface area contributed by atoms with E-state index in [9.17, 15) is 13.2 Å². The molecule has 0 aliphatic carbocycles. The lowest BCUT2D eigenvalue weighted by molar-refractivity contribution is -0.274. The summed E-state index contributed by atoms with van der Waals surface area (Å²) >= 11 is 0. The topological polar surface area (TPSA) is 24.5 Å². The van der Waals surface area contributed by atoms with Crippen LogP contribution < -0.4 is 10.1 Å². The molecule has 1 aromatic carbocycles. The Kier molecular flexibility index (Phi) is 9.73. The third-order valence-corrected chi connectivity index (χ3v) is 3.63. The average Bonchev–Trinajstić information content (AvgIpc) is 2.45. The van der Waals surface area contributed by atoms with E-state index in [1.165, 1.54) is 12.1 Å². The van der Waals surface area contributed by atoms with Crippen molar-refractivity contribution >= 4 is 24.8 Å². The maximum absolute atomic E-state index is 12.2. The number of nitrogens with zero attached hydrogens (tertiary/aromatic N) is 1. The quantitative estimate of drug-likeness (QED) is 0.761. The molecule has 8 heteroatoms. The molecule has 0 radical (unpaired) electrons. The minimum atomic E-state index is -4.66. The smallest absolute Gasteiger partial charge is 0.406 e. The van der Waals surface area contributed by atoms with E-state index in [1.54, 1.807) is 12.1 Å². The zero-order chi connectivity index (χ0) is 16.2. The molecule has 1 saturated heterocycles. The number of piperazine rings is 1. The van der Waals surface area contributed by atoms with Crippen molar-refractivity contribution in [2.45, 2.75) is 25.7 Å². The molecule has 1 aromatic rings. The summed E-state index contributed by atoms with van der Waals surface area (Å²) in [7, 11) is 0. The molecule has 0 spiro atoms. The van der Waals surface area contributed by atoms with Gasteiger partial charge < -0.3 is 10.1 Å². The molecule has 2 rings (SSSR count). The molecule has 138 valence electrons. The number of alkyl halides is 3. The molecule has 3 nitrogen and oxygen atoms in total. The minimum Gasteiger partial charge on any atom is -0.406 e. The average molecular weight is 387 g/mol. The molecule has 0 bridgehead atoms. The van der Waals surface area contributed by atoms with Crippen LogP contribution in [0.25, 0.3) is 0 Å². The maximum atomic E-state index is 12.2.